The Balaban J connectivity index is 2.25. The average Bonchev–Trinajstić information content (AvgIpc) is 2.95. The van der Waals surface area contributed by atoms with Gasteiger partial charge in [0.15, 0.2) is 0 Å². The number of nitrogens with one attached hydrogen (secondary N) is 1. The number of anilines is 1. The molecule has 1 heterocycles. The largest absolute Gasteiger partial charge is 0.330 e. The zero-order valence-electron chi connectivity index (χ0n) is 10.3. The average molecular weight is 262 g/mol. The smallest absolute Gasteiger partial charge is 0.276 e. The molecule has 5 nitrogen and oxygen atoms in total. The lowest BCUT2D eigenvalue weighted by atomic mass is 10.2. The first-order chi connectivity index (χ1) is 9.22. The Morgan fingerprint density at radius 2 is 2.05 bits per heavy atom. The Morgan fingerprint density at radius 1 is 1.32 bits per heavy atom. The van der Waals surface area contributed by atoms with Crippen LogP contribution in [0.2, 0.25) is 0 Å². The highest BCUT2D eigenvalue weighted by atomic mass is 19.1. The Kier molecular flexibility index (Phi) is 4.25. The second-order valence-electron chi connectivity index (χ2n) is 4.05. The molecule has 0 aliphatic heterocycles. The molecule has 0 atom stereocenters. The first-order valence-electron chi connectivity index (χ1n) is 5.99. The molecule has 2 aromatic rings. The minimum Gasteiger partial charge on any atom is -0.330 e. The quantitative estimate of drug-likeness (QED) is 0.858. The van der Waals surface area contributed by atoms with Gasteiger partial charge in [-0.25, -0.2) is 4.39 Å². The molecule has 0 saturated carbocycles. The molecular formula is C13H15FN4O. The van der Waals surface area contributed by atoms with Crippen LogP contribution < -0.4 is 10.6 Å². The molecule has 2 rings (SSSR count). The number of rotatable bonds is 5. The van der Waals surface area contributed by atoms with Crippen LogP contribution in [-0.2, 0) is 0 Å². The van der Waals surface area contributed by atoms with Crippen LogP contribution in [0, 0.1) is 5.82 Å². The summed E-state index contributed by atoms with van der Waals surface area (Å²) >= 11 is 0. The van der Waals surface area contributed by atoms with Crippen molar-refractivity contribution < 1.29 is 9.18 Å². The summed E-state index contributed by atoms with van der Waals surface area (Å²) in [4.78, 5) is 13.9. The molecule has 3 N–H and O–H groups in total. The van der Waals surface area contributed by atoms with E-state index in [1.54, 1.807) is 23.1 Å². The Labute approximate surface area is 110 Å². The van der Waals surface area contributed by atoms with Gasteiger partial charge in [-0.1, -0.05) is 0 Å². The minimum absolute atomic E-state index is 0.211. The maximum atomic E-state index is 12.9. The van der Waals surface area contributed by atoms with Crippen LogP contribution in [0.1, 0.15) is 16.9 Å². The highest BCUT2D eigenvalue weighted by Crippen LogP contribution is 2.17. The van der Waals surface area contributed by atoms with Gasteiger partial charge in [0.05, 0.1) is 0 Å². The Hall–Kier alpha value is -2.21. The zero-order chi connectivity index (χ0) is 13.7. The first-order valence-corrected chi connectivity index (χ1v) is 5.99. The van der Waals surface area contributed by atoms with E-state index in [-0.39, 0.29) is 11.7 Å². The number of hydrogen-bond donors (Lipinski definition) is 2. The van der Waals surface area contributed by atoms with Crippen LogP contribution in [-0.4, -0.2) is 29.2 Å². The van der Waals surface area contributed by atoms with E-state index < -0.39 is 0 Å². The van der Waals surface area contributed by atoms with E-state index in [1.807, 2.05) is 0 Å². The van der Waals surface area contributed by atoms with Crippen LogP contribution in [0.4, 0.5) is 10.1 Å². The van der Waals surface area contributed by atoms with E-state index in [0.29, 0.717) is 30.9 Å². The van der Waals surface area contributed by atoms with Crippen LogP contribution in [0.15, 0.2) is 36.5 Å². The number of nitrogens with two attached hydrogens (primary N) is 1. The van der Waals surface area contributed by atoms with Crippen LogP contribution in [0.3, 0.4) is 0 Å². The van der Waals surface area contributed by atoms with E-state index in [2.05, 4.69) is 10.2 Å². The molecule has 0 aliphatic rings. The predicted octanol–water partition coefficient (Wildman–Crippen LogP) is 1.54. The van der Waals surface area contributed by atoms with Crippen molar-refractivity contribution in [1.82, 2.24) is 10.2 Å². The lowest BCUT2D eigenvalue weighted by Crippen LogP contribution is -2.33. The van der Waals surface area contributed by atoms with Gasteiger partial charge < -0.3 is 10.6 Å². The van der Waals surface area contributed by atoms with Crippen molar-refractivity contribution in [2.45, 2.75) is 6.42 Å². The third-order valence-corrected chi connectivity index (χ3v) is 2.70. The molecule has 0 spiro atoms. The molecule has 0 aliphatic carbocycles. The van der Waals surface area contributed by atoms with Gasteiger partial charge in [0.25, 0.3) is 5.91 Å². The maximum Gasteiger partial charge on any atom is 0.276 e. The summed E-state index contributed by atoms with van der Waals surface area (Å²) in [7, 11) is 0. The summed E-state index contributed by atoms with van der Waals surface area (Å²) in [6.45, 7) is 0.952. The van der Waals surface area contributed by atoms with Crippen molar-refractivity contribution in [3.8, 4) is 0 Å². The molecule has 6 heteroatoms. The fourth-order valence-corrected chi connectivity index (χ4v) is 1.74. The Bertz CT molecular complexity index is 524. The van der Waals surface area contributed by atoms with Gasteiger partial charge in [-0.3, -0.25) is 9.89 Å². The summed E-state index contributed by atoms with van der Waals surface area (Å²) < 4.78 is 12.9. The topological polar surface area (TPSA) is 75.0 Å². The third-order valence-electron chi connectivity index (χ3n) is 2.70. The molecule has 1 amide bonds. The number of aromatic amines is 1. The molecule has 0 unspecified atom stereocenters. The number of aromatic nitrogens is 2. The lowest BCUT2D eigenvalue weighted by molar-refractivity contribution is 0.0982. The molecule has 0 fully saturated rings. The summed E-state index contributed by atoms with van der Waals surface area (Å²) in [6.07, 6.45) is 2.18. The van der Waals surface area contributed by atoms with Gasteiger partial charge in [0, 0.05) is 18.4 Å². The molecule has 100 valence electrons. The SMILES string of the molecule is NCCCN(C(=O)c1ccn[nH]1)c1ccc(F)cc1. The van der Waals surface area contributed by atoms with Gasteiger partial charge in [-0.15, -0.1) is 0 Å². The highest BCUT2D eigenvalue weighted by Gasteiger charge is 2.18. The normalized spacial score (nSPS) is 10.4. The molecule has 1 aromatic carbocycles. The Morgan fingerprint density at radius 3 is 2.63 bits per heavy atom. The van der Waals surface area contributed by atoms with Crippen molar-refractivity contribution in [3.63, 3.8) is 0 Å². The number of carbonyl (C=O) groups excluding carboxylic acids is 1. The molecule has 0 saturated heterocycles. The monoisotopic (exact) mass is 262 g/mol. The van der Waals surface area contributed by atoms with E-state index in [1.165, 1.54) is 18.3 Å². The molecule has 0 bridgehead atoms. The third kappa shape index (κ3) is 3.17. The minimum atomic E-state index is -0.337. The van der Waals surface area contributed by atoms with Crippen molar-refractivity contribution in [3.05, 3.63) is 48.0 Å². The first kappa shape index (κ1) is 13.2. The van der Waals surface area contributed by atoms with Crippen molar-refractivity contribution >= 4 is 11.6 Å². The van der Waals surface area contributed by atoms with Crippen molar-refractivity contribution in [1.29, 1.82) is 0 Å². The lowest BCUT2D eigenvalue weighted by Gasteiger charge is -2.21. The summed E-state index contributed by atoms with van der Waals surface area (Å²) in [5.74, 6) is -0.547. The van der Waals surface area contributed by atoms with Gasteiger partial charge in [-0.05, 0) is 43.3 Å². The number of amides is 1. The molecular weight excluding hydrogens is 247 g/mol. The number of benzene rings is 1. The fourth-order valence-electron chi connectivity index (χ4n) is 1.74. The van der Waals surface area contributed by atoms with E-state index in [0.717, 1.165) is 0 Å². The zero-order valence-corrected chi connectivity index (χ0v) is 10.3. The van der Waals surface area contributed by atoms with Crippen LogP contribution in [0.25, 0.3) is 0 Å². The van der Waals surface area contributed by atoms with Crippen molar-refractivity contribution in [2.75, 3.05) is 18.0 Å². The maximum absolute atomic E-state index is 12.9. The summed E-state index contributed by atoms with van der Waals surface area (Å²) in [5, 5.41) is 6.38. The number of carbonyl (C=O) groups is 1. The van der Waals surface area contributed by atoms with Gasteiger partial charge in [0.2, 0.25) is 0 Å². The molecule has 1 aromatic heterocycles. The summed E-state index contributed by atoms with van der Waals surface area (Å²) in [6, 6.07) is 7.39. The number of H-pyrrole nitrogens is 1. The van der Waals surface area contributed by atoms with E-state index in [9.17, 15) is 9.18 Å². The van der Waals surface area contributed by atoms with E-state index in [4.69, 9.17) is 5.73 Å². The number of hydrogen-bond acceptors (Lipinski definition) is 3. The molecule has 19 heavy (non-hydrogen) atoms. The molecule has 0 radical (unpaired) electrons. The predicted molar refractivity (Wildman–Crippen MR) is 70.3 cm³/mol. The second-order valence-corrected chi connectivity index (χ2v) is 4.05. The summed E-state index contributed by atoms with van der Waals surface area (Å²) in [5.41, 5.74) is 6.50. The van der Waals surface area contributed by atoms with Gasteiger partial charge >= 0.3 is 0 Å². The highest BCUT2D eigenvalue weighted by molar-refractivity contribution is 6.04. The van der Waals surface area contributed by atoms with Gasteiger partial charge in [-0.2, -0.15) is 5.10 Å². The standard InChI is InChI=1S/C13H15FN4O/c14-10-2-4-11(5-3-10)18(9-1-7-15)13(19)12-6-8-16-17-12/h2-6,8H,1,7,9,15H2,(H,16,17). The van der Waals surface area contributed by atoms with Crippen molar-refractivity contribution in [2.24, 2.45) is 5.73 Å². The van der Waals surface area contributed by atoms with E-state index >= 15 is 0 Å². The number of nitrogens with zero attached hydrogens (tertiary/aromatic N) is 2. The second kappa shape index (κ2) is 6.10. The fraction of sp³-hybridized carbons (Fsp3) is 0.231. The van der Waals surface area contributed by atoms with Crippen LogP contribution in [0.5, 0.6) is 0 Å². The van der Waals surface area contributed by atoms with Crippen LogP contribution >= 0.6 is 0 Å². The van der Waals surface area contributed by atoms with Gasteiger partial charge in [0.1, 0.15) is 11.5 Å². The number of halogens is 1.